The number of nitrogens with two attached hydrogens (primary N) is 1. The van der Waals surface area contributed by atoms with Gasteiger partial charge in [0.05, 0.1) is 7.11 Å². The molecule has 0 amide bonds. The summed E-state index contributed by atoms with van der Waals surface area (Å²) in [5, 5.41) is 0. The van der Waals surface area contributed by atoms with Crippen molar-refractivity contribution in [1.82, 2.24) is 0 Å². The molecule has 0 aromatic heterocycles. The van der Waals surface area contributed by atoms with E-state index in [0.29, 0.717) is 11.3 Å². The number of hydrogen-bond donors (Lipinski definition) is 1. The van der Waals surface area contributed by atoms with Crippen LogP contribution >= 0.6 is 0 Å². The topological polar surface area (TPSA) is 38.5 Å². The number of rotatable bonds is 3. The normalized spacial score (nSPS) is 22.9. The molecule has 100 valence electrons. The summed E-state index contributed by atoms with van der Waals surface area (Å²) in [5.74, 6) is 1.47. The highest BCUT2D eigenvalue weighted by Gasteiger charge is 2.34. The zero-order chi connectivity index (χ0) is 13.2. The van der Waals surface area contributed by atoms with Crippen molar-refractivity contribution >= 4 is 5.69 Å². The van der Waals surface area contributed by atoms with E-state index in [1.165, 1.54) is 12.1 Å². The van der Waals surface area contributed by atoms with Crippen LogP contribution in [0, 0.1) is 11.3 Å². The average molecular weight is 248 g/mol. The first-order chi connectivity index (χ1) is 8.56. The van der Waals surface area contributed by atoms with E-state index >= 15 is 0 Å². The minimum absolute atomic E-state index is 0.359. The van der Waals surface area contributed by atoms with Crippen molar-refractivity contribution in [3.05, 3.63) is 24.3 Å². The van der Waals surface area contributed by atoms with Crippen LogP contribution in [0.3, 0.4) is 0 Å². The summed E-state index contributed by atoms with van der Waals surface area (Å²) in [7, 11) is 1.70. The van der Waals surface area contributed by atoms with Crippen molar-refractivity contribution < 1.29 is 4.74 Å². The SMILES string of the molecule is COc1ccc(N2CCC(C)(C)C(CN)C2)cc1. The third kappa shape index (κ3) is 2.61. The van der Waals surface area contributed by atoms with Crippen molar-refractivity contribution in [2.24, 2.45) is 17.1 Å². The second kappa shape index (κ2) is 5.19. The van der Waals surface area contributed by atoms with Gasteiger partial charge >= 0.3 is 0 Å². The fourth-order valence-electron chi connectivity index (χ4n) is 2.65. The molecule has 18 heavy (non-hydrogen) atoms. The van der Waals surface area contributed by atoms with Gasteiger partial charge in [0, 0.05) is 18.8 Å². The largest absolute Gasteiger partial charge is 0.497 e. The molecule has 0 radical (unpaired) electrons. The van der Waals surface area contributed by atoms with Crippen molar-refractivity contribution in [1.29, 1.82) is 0 Å². The number of nitrogens with zero attached hydrogens (tertiary/aromatic N) is 1. The molecule has 1 aliphatic rings. The van der Waals surface area contributed by atoms with Gasteiger partial charge in [-0.25, -0.2) is 0 Å². The molecule has 0 saturated carbocycles. The Morgan fingerprint density at radius 2 is 2.00 bits per heavy atom. The summed E-state index contributed by atoms with van der Waals surface area (Å²) in [6, 6.07) is 8.30. The molecule has 3 nitrogen and oxygen atoms in total. The molecule has 1 unspecified atom stereocenters. The lowest BCUT2D eigenvalue weighted by molar-refractivity contribution is 0.177. The van der Waals surface area contributed by atoms with Crippen LogP contribution in [0.4, 0.5) is 5.69 Å². The Kier molecular flexibility index (Phi) is 3.81. The molecule has 0 bridgehead atoms. The van der Waals surface area contributed by atoms with Gasteiger partial charge in [-0.15, -0.1) is 0 Å². The van der Waals surface area contributed by atoms with Crippen molar-refractivity contribution in [2.75, 3.05) is 31.6 Å². The van der Waals surface area contributed by atoms with E-state index in [1.807, 2.05) is 12.1 Å². The van der Waals surface area contributed by atoms with Gasteiger partial charge in [0.1, 0.15) is 5.75 Å². The van der Waals surface area contributed by atoms with Crippen LogP contribution in [0.25, 0.3) is 0 Å². The number of methoxy groups -OCH3 is 1. The number of piperidine rings is 1. The van der Waals surface area contributed by atoms with Crippen molar-refractivity contribution in [3.8, 4) is 5.75 Å². The predicted octanol–water partition coefficient (Wildman–Crippen LogP) is 2.51. The molecule has 1 fully saturated rings. The van der Waals surface area contributed by atoms with Crippen LogP contribution in [0.5, 0.6) is 5.75 Å². The second-order valence-corrected chi connectivity index (χ2v) is 5.82. The maximum atomic E-state index is 5.92. The zero-order valence-corrected chi connectivity index (χ0v) is 11.6. The minimum atomic E-state index is 0.359. The summed E-state index contributed by atoms with van der Waals surface area (Å²) in [5.41, 5.74) is 7.55. The highest BCUT2D eigenvalue weighted by atomic mass is 16.5. The molecular formula is C15H24N2O. The maximum absolute atomic E-state index is 5.92. The molecule has 0 aliphatic carbocycles. The van der Waals surface area contributed by atoms with Gasteiger partial charge in [0.15, 0.2) is 0 Å². The number of hydrogen-bond acceptors (Lipinski definition) is 3. The van der Waals surface area contributed by atoms with E-state index in [9.17, 15) is 0 Å². The lowest BCUT2D eigenvalue weighted by Gasteiger charge is -2.44. The fourth-order valence-corrected chi connectivity index (χ4v) is 2.65. The van der Waals surface area contributed by atoms with Gasteiger partial charge in [-0.2, -0.15) is 0 Å². The van der Waals surface area contributed by atoms with Gasteiger partial charge in [0.25, 0.3) is 0 Å². The second-order valence-electron chi connectivity index (χ2n) is 5.82. The van der Waals surface area contributed by atoms with E-state index in [-0.39, 0.29) is 0 Å². The first-order valence-corrected chi connectivity index (χ1v) is 6.66. The summed E-state index contributed by atoms with van der Waals surface area (Å²) in [6.45, 7) is 7.58. The first kappa shape index (κ1) is 13.2. The Morgan fingerprint density at radius 3 is 2.56 bits per heavy atom. The Hall–Kier alpha value is -1.22. The number of ether oxygens (including phenoxy) is 1. The average Bonchev–Trinajstić information content (AvgIpc) is 2.39. The van der Waals surface area contributed by atoms with Crippen LogP contribution < -0.4 is 15.4 Å². The predicted molar refractivity (Wildman–Crippen MR) is 76.1 cm³/mol. The molecule has 1 aromatic carbocycles. The molecule has 1 aliphatic heterocycles. The smallest absolute Gasteiger partial charge is 0.119 e. The molecule has 2 rings (SSSR count). The fraction of sp³-hybridized carbons (Fsp3) is 0.600. The quantitative estimate of drug-likeness (QED) is 0.893. The highest BCUT2D eigenvalue weighted by molar-refractivity contribution is 5.49. The van der Waals surface area contributed by atoms with Gasteiger partial charge in [-0.05, 0) is 48.6 Å². The molecule has 1 atom stereocenters. The van der Waals surface area contributed by atoms with Gasteiger partial charge in [-0.1, -0.05) is 13.8 Å². The van der Waals surface area contributed by atoms with Gasteiger partial charge in [0.2, 0.25) is 0 Å². The van der Waals surface area contributed by atoms with Crippen LogP contribution in [0.1, 0.15) is 20.3 Å². The number of anilines is 1. The third-order valence-electron chi connectivity index (χ3n) is 4.29. The summed E-state index contributed by atoms with van der Waals surface area (Å²) in [6.07, 6.45) is 1.20. The van der Waals surface area contributed by atoms with Crippen LogP contribution in [0.2, 0.25) is 0 Å². The molecule has 0 spiro atoms. The molecule has 2 N–H and O–H groups in total. The Balaban J connectivity index is 2.10. The molecular weight excluding hydrogens is 224 g/mol. The van der Waals surface area contributed by atoms with E-state index < -0.39 is 0 Å². The van der Waals surface area contributed by atoms with Gasteiger partial charge < -0.3 is 15.4 Å². The monoisotopic (exact) mass is 248 g/mol. The first-order valence-electron chi connectivity index (χ1n) is 6.66. The van der Waals surface area contributed by atoms with E-state index in [0.717, 1.165) is 25.4 Å². The lowest BCUT2D eigenvalue weighted by atomic mass is 9.73. The molecule has 1 saturated heterocycles. The van der Waals surface area contributed by atoms with Crippen LogP contribution in [-0.4, -0.2) is 26.7 Å². The molecule has 3 heteroatoms. The standard InChI is InChI=1S/C15H24N2O/c1-15(2)8-9-17(11-12(15)10-16)13-4-6-14(18-3)7-5-13/h4-7,12H,8-11,16H2,1-3H3. The van der Waals surface area contributed by atoms with E-state index in [4.69, 9.17) is 10.5 Å². The number of benzene rings is 1. The summed E-state index contributed by atoms with van der Waals surface area (Å²) < 4.78 is 5.19. The van der Waals surface area contributed by atoms with E-state index in [1.54, 1.807) is 7.11 Å². The Labute approximate surface area is 110 Å². The zero-order valence-electron chi connectivity index (χ0n) is 11.6. The molecule has 1 heterocycles. The van der Waals surface area contributed by atoms with Crippen molar-refractivity contribution in [2.45, 2.75) is 20.3 Å². The van der Waals surface area contributed by atoms with E-state index in [2.05, 4.69) is 30.9 Å². The highest BCUT2D eigenvalue weighted by Crippen LogP contribution is 2.36. The third-order valence-corrected chi connectivity index (χ3v) is 4.29. The Bertz CT molecular complexity index is 386. The lowest BCUT2D eigenvalue weighted by Crippen LogP contribution is -2.47. The maximum Gasteiger partial charge on any atom is 0.119 e. The summed E-state index contributed by atoms with van der Waals surface area (Å²) >= 11 is 0. The Morgan fingerprint density at radius 1 is 1.33 bits per heavy atom. The summed E-state index contributed by atoms with van der Waals surface area (Å²) in [4.78, 5) is 2.43. The van der Waals surface area contributed by atoms with Gasteiger partial charge in [-0.3, -0.25) is 0 Å². The molecule has 1 aromatic rings. The van der Waals surface area contributed by atoms with Crippen LogP contribution in [0.15, 0.2) is 24.3 Å². The van der Waals surface area contributed by atoms with Crippen LogP contribution in [-0.2, 0) is 0 Å². The van der Waals surface area contributed by atoms with Crippen molar-refractivity contribution in [3.63, 3.8) is 0 Å². The minimum Gasteiger partial charge on any atom is -0.497 e.